The van der Waals surface area contributed by atoms with Gasteiger partial charge in [-0.25, -0.2) is 0 Å². The first-order valence-corrected chi connectivity index (χ1v) is 4.65. The fourth-order valence-electron chi connectivity index (χ4n) is 1.32. The van der Waals surface area contributed by atoms with E-state index in [4.69, 9.17) is 10.8 Å². The predicted octanol–water partition coefficient (Wildman–Crippen LogP) is 1.25. The van der Waals surface area contributed by atoms with E-state index < -0.39 is 0 Å². The average Bonchev–Trinajstić information content (AvgIpc) is 2.16. The van der Waals surface area contributed by atoms with Gasteiger partial charge in [0.05, 0.1) is 6.61 Å². The lowest BCUT2D eigenvalue weighted by Gasteiger charge is -2.09. The highest BCUT2D eigenvalue weighted by Crippen LogP contribution is 2.09. The molecule has 0 aliphatic carbocycles. The maximum atomic E-state index is 8.76. The molecule has 0 aliphatic heterocycles. The van der Waals surface area contributed by atoms with Crippen molar-refractivity contribution in [3.05, 3.63) is 35.4 Å². The number of rotatable bonds is 4. The van der Waals surface area contributed by atoms with Gasteiger partial charge in [-0.15, -0.1) is 0 Å². The lowest BCUT2D eigenvalue weighted by molar-refractivity contribution is 0.260. The normalized spacial score (nSPS) is 12.8. The Balaban J connectivity index is 2.50. The number of aliphatic hydroxyl groups is 1. The van der Waals surface area contributed by atoms with Crippen LogP contribution < -0.4 is 5.73 Å². The summed E-state index contributed by atoms with van der Waals surface area (Å²) in [7, 11) is 0. The fraction of sp³-hybridized carbons (Fsp3) is 0.455. The first-order valence-electron chi connectivity index (χ1n) is 4.65. The second kappa shape index (κ2) is 5.00. The number of hydrogen-bond donors (Lipinski definition) is 2. The lowest BCUT2D eigenvalue weighted by Crippen LogP contribution is -2.24. The van der Waals surface area contributed by atoms with Gasteiger partial charge in [-0.3, -0.25) is 0 Å². The second-order valence-electron chi connectivity index (χ2n) is 3.41. The third-order valence-electron chi connectivity index (χ3n) is 2.28. The number of aliphatic hydroxyl groups excluding tert-OH is 1. The van der Waals surface area contributed by atoms with Crippen LogP contribution in [0.3, 0.4) is 0 Å². The third-order valence-corrected chi connectivity index (χ3v) is 2.28. The zero-order chi connectivity index (χ0) is 9.68. The van der Waals surface area contributed by atoms with E-state index in [1.807, 2.05) is 12.1 Å². The Morgan fingerprint density at radius 1 is 1.38 bits per heavy atom. The summed E-state index contributed by atoms with van der Waals surface area (Å²) in [6.45, 7) is 2.17. The quantitative estimate of drug-likeness (QED) is 0.730. The van der Waals surface area contributed by atoms with Gasteiger partial charge in [0.15, 0.2) is 0 Å². The summed E-state index contributed by atoms with van der Waals surface area (Å²) in [5.74, 6) is 0. The Bertz CT molecular complexity index is 260. The number of benzene rings is 1. The van der Waals surface area contributed by atoms with E-state index in [0.29, 0.717) is 0 Å². The van der Waals surface area contributed by atoms with Gasteiger partial charge in [0.2, 0.25) is 0 Å². The molecule has 2 nitrogen and oxygen atoms in total. The van der Waals surface area contributed by atoms with Gasteiger partial charge in [0.1, 0.15) is 0 Å². The number of aryl methyl sites for hydroxylation is 2. The maximum absolute atomic E-state index is 8.76. The van der Waals surface area contributed by atoms with Crippen LogP contribution in [0.5, 0.6) is 0 Å². The van der Waals surface area contributed by atoms with Gasteiger partial charge < -0.3 is 10.8 Å². The second-order valence-corrected chi connectivity index (χ2v) is 3.41. The largest absolute Gasteiger partial charge is 0.395 e. The highest BCUT2D eigenvalue weighted by Gasteiger charge is 2.02. The fourth-order valence-corrected chi connectivity index (χ4v) is 1.32. The standard InChI is InChI=1S/C11H17NO/c1-9-4-2-3-5-10(9)6-7-11(12)8-13/h2-5,11,13H,6-8,12H2,1H3. The van der Waals surface area contributed by atoms with Crippen LogP contribution >= 0.6 is 0 Å². The van der Waals surface area contributed by atoms with Crippen molar-refractivity contribution in [1.29, 1.82) is 0 Å². The van der Waals surface area contributed by atoms with Crippen LogP contribution in [0.4, 0.5) is 0 Å². The highest BCUT2D eigenvalue weighted by atomic mass is 16.3. The Hall–Kier alpha value is -0.860. The molecule has 1 unspecified atom stereocenters. The lowest BCUT2D eigenvalue weighted by atomic mass is 10.0. The van der Waals surface area contributed by atoms with Crippen LogP contribution in [0.2, 0.25) is 0 Å². The van der Waals surface area contributed by atoms with E-state index in [0.717, 1.165) is 12.8 Å². The van der Waals surface area contributed by atoms with Crippen molar-refractivity contribution in [2.45, 2.75) is 25.8 Å². The van der Waals surface area contributed by atoms with Gasteiger partial charge in [-0.2, -0.15) is 0 Å². The summed E-state index contributed by atoms with van der Waals surface area (Å²) in [5, 5.41) is 8.76. The summed E-state index contributed by atoms with van der Waals surface area (Å²) in [6.07, 6.45) is 1.80. The number of hydrogen-bond acceptors (Lipinski definition) is 2. The molecule has 72 valence electrons. The third kappa shape index (κ3) is 3.17. The molecule has 13 heavy (non-hydrogen) atoms. The molecule has 0 bridgehead atoms. The Labute approximate surface area is 79.4 Å². The minimum Gasteiger partial charge on any atom is -0.395 e. The minimum atomic E-state index is -0.0837. The topological polar surface area (TPSA) is 46.2 Å². The average molecular weight is 179 g/mol. The van der Waals surface area contributed by atoms with Crippen molar-refractivity contribution < 1.29 is 5.11 Å². The molecule has 0 aliphatic rings. The van der Waals surface area contributed by atoms with Crippen LogP contribution in [-0.4, -0.2) is 17.8 Å². The van der Waals surface area contributed by atoms with E-state index in [1.165, 1.54) is 11.1 Å². The predicted molar refractivity (Wildman–Crippen MR) is 54.6 cm³/mol. The molecule has 1 aromatic rings. The maximum Gasteiger partial charge on any atom is 0.0582 e. The summed E-state index contributed by atoms with van der Waals surface area (Å²) in [4.78, 5) is 0. The molecular formula is C11H17NO. The molecule has 0 radical (unpaired) electrons. The Kier molecular flexibility index (Phi) is 3.93. The Morgan fingerprint density at radius 2 is 2.08 bits per heavy atom. The molecule has 2 heteroatoms. The van der Waals surface area contributed by atoms with Crippen LogP contribution in [0.1, 0.15) is 17.5 Å². The highest BCUT2D eigenvalue weighted by molar-refractivity contribution is 5.25. The van der Waals surface area contributed by atoms with Gasteiger partial charge in [0, 0.05) is 6.04 Å². The van der Waals surface area contributed by atoms with Crippen molar-refractivity contribution >= 4 is 0 Å². The molecule has 0 fully saturated rings. The van der Waals surface area contributed by atoms with Crippen LogP contribution in [-0.2, 0) is 6.42 Å². The summed E-state index contributed by atoms with van der Waals surface area (Å²) in [6, 6.07) is 8.19. The molecule has 0 aromatic heterocycles. The molecule has 0 saturated heterocycles. The zero-order valence-electron chi connectivity index (χ0n) is 8.03. The van der Waals surface area contributed by atoms with Gasteiger partial charge in [-0.1, -0.05) is 24.3 Å². The van der Waals surface area contributed by atoms with Crippen molar-refractivity contribution in [2.75, 3.05) is 6.61 Å². The van der Waals surface area contributed by atoms with Gasteiger partial charge in [0.25, 0.3) is 0 Å². The smallest absolute Gasteiger partial charge is 0.0582 e. The van der Waals surface area contributed by atoms with Crippen molar-refractivity contribution in [1.82, 2.24) is 0 Å². The van der Waals surface area contributed by atoms with E-state index in [2.05, 4.69) is 19.1 Å². The van der Waals surface area contributed by atoms with Crippen LogP contribution in [0.25, 0.3) is 0 Å². The molecule has 0 amide bonds. The van der Waals surface area contributed by atoms with E-state index in [-0.39, 0.29) is 12.6 Å². The molecule has 1 atom stereocenters. The number of nitrogens with two attached hydrogens (primary N) is 1. The van der Waals surface area contributed by atoms with Gasteiger partial charge in [-0.05, 0) is 30.9 Å². The molecule has 1 rings (SSSR count). The molecular weight excluding hydrogens is 162 g/mol. The van der Waals surface area contributed by atoms with E-state index in [1.54, 1.807) is 0 Å². The first-order chi connectivity index (χ1) is 6.24. The molecule has 0 spiro atoms. The van der Waals surface area contributed by atoms with Gasteiger partial charge >= 0.3 is 0 Å². The Morgan fingerprint density at radius 3 is 2.69 bits per heavy atom. The summed E-state index contributed by atoms with van der Waals surface area (Å²) < 4.78 is 0. The van der Waals surface area contributed by atoms with Crippen molar-refractivity contribution in [3.63, 3.8) is 0 Å². The van der Waals surface area contributed by atoms with E-state index >= 15 is 0 Å². The monoisotopic (exact) mass is 179 g/mol. The SMILES string of the molecule is Cc1ccccc1CCC(N)CO. The first kappa shape index (κ1) is 10.2. The van der Waals surface area contributed by atoms with Crippen LogP contribution in [0, 0.1) is 6.92 Å². The summed E-state index contributed by atoms with van der Waals surface area (Å²) >= 11 is 0. The van der Waals surface area contributed by atoms with E-state index in [9.17, 15) is 0 Å². The summed E-state index contributed by atoms with van der Waals surface area (Å²) in [5.41, 5.74) is 8.24. The minimum absolute atomic E-state index is 0.0753. The molecule has 1 aromatic carbocycles. The van der Waals surface area contributed by atoms with Crippen molar-refractivity contribution in [2.24, 2.45) is 5.73 Å². The van der Waals surface area contributed by atoms with Crippen molar-refractivity contribution in [3.8, 4) is 0 Å². The zero-order valence-corrected chi connectivity index (χ0v) is 8.03. The molecule has 0 heterocycles. The molecule has 3 N–H and O–H groups in total. The van der Waals surface area contributed by atoms with Crippen LogP contribution in [0.15, 0.2) is 24.3 Å². The molecule has 0 saturated carbocycles.